The number of amides is 2. The second-order valence-corrected chi connectivity index (χ2v) is 9.32. The lowest BCUT2D eigenvalue weighted by atomic mass is 10.1. The van der Waals surface area contributed by atoms with E-state index >= 15 is 0 Å². The van der Waals surface area contributed by atoms with Gasteiger partial charge in [0.15, 0.2) is 5.11 Å². The van der Waals surface area contributed by atoms with E-state index < -0.39 is 5.91 Å². The van der Waals surface area contributed by atoms with Gasteiger partial charge in [-0.25, -0.2) is 0 Å². The summed E-state index contributed by atoms with van der Waals surface area (Å²) in [6.45, 7) is 2.48. The molecule has 178 valence electrons. The smallest absolute Gasteiger partial charge is 0.269 e. The van der Waals surface area contributed by atoms with Gasteiger partial charge < -0.3 is 15.0 Å². The molecule has 0 atom stereocenters. The van der Waals surface area contributed by atoms with Gasteiger partial charge >= 0.3 is 0 Å². The molecule has 0 aliphatic carbocycles. The summed E-state index contributed by atoms with van der Waals surface area (Å²) in [6.07, 6.45) is 0. The number of benzene rings is 3. The van der Waals surface area contributed by atoms with E-state index in [9.17, 15) is 9.59 Å². The van der Waals surface area contributed by atoms with Crippen molar-refractivity contribution in [1.82, 2.24) is 5.32 Å². The number of carbonyl (C=O) groups is 2. The first kappa shape index (κ1) is 24.7. The van der Waals surface area contributed by atoms with Crippen molar-refractivity contribution in [3.63, 3.8) is 0 Å². The van der Waals surface area contributed by atoms with Crippen molar-refractivity contribution in [3.8, 4) is 5.75 Å². The molecule has 0 fully saturated rings. The molecule has 2 N–H and O–H groups in total. The Hall–Kier alpha value is -3.46. The van der Waals surface area contributed by atoms with Gasteiger partial charge in [-0.1, -0.05) is 29.8 Å². The fraction of sp³-hybridized carbons (Fsp3) is 0.115. The van der Waals surface area contributed by atoms with Crippen molar-refractivity contribution in [2.45, 2.75) is 6.92 Å². The van der Waals surface area contributed by atoms with Crippen molar-refractivity contribution in [1.29, 1.82) is 0 Å². The summed E-state index contributed by atoms with van der Waals surface area (Å²) in [5, 5.41) is 6.90. The number of methoxy groups -OCH3 is 1. The maximum atomic E-state index is 13.0. The molecule has 6 nitrogen and oxygen atoms in total. The number of halogens is 1. The first-order valence-corrected chi connectivity index (χ1v) is 12.4. The number of thiophene rings is 1. The molecule has 1 aromatic heterocycles. The zero-order chi connectivity index (χ0) is 24.9. The van der Waals surface area contributed by atoms with Gasteiger partial charge in [0.1, 0.15) is 10.6 Å². The summed E-state index contributed by atoms with van der Waals surface area (Å²) in [6, 6.07) is 21.9. The van der Waals surface area contributed by atoms with Crippen LogP contribution in [0.2, 0.25) is 5.02 Å². The summed E-state index contributed by atoms with van der Waals surface area (Å²) < 4.78 is 6.08. The summed E-state index contributed by atoms with van der Waals surface area (Å²) in [5.74, 6) is 0.186. The highest BCUT2D eigenvalue weighted by atomic mass is 35.5. The molecule has 0 saturated heterocycles. The Labute approximate surface area is 217 Å². The van der Waals surface area contributed by atoms with E-state index in [0.717, 1.165) is 15.8 Å². The van der Waals surface area contributed by atoms with Gasteiger partial charge in [-0.05, 0) is 73.7 Å². The highest BCUT2D eigenvalue weighted by molar-refractivity contribution is 7.80. The van der Waals surface area contributed by atoms with E-state index in [1.165, 1.54) is 11.3 Å². The number of carbonyl (C=O) groups excluding carboxylic acids is 2. The molecule has 35 heavy (non-hydrogen) atoms. The van der Waals surface area contributed by atoms with Gasteiger partial charge in [0.2, 0.25) is 0 Å². The molecule has 0 unspecified atom stereocenters. The molecule has 0 saturated carbocycles. The zero-order valence-electron chi connectivity index (χ0n) is 19.0. The van der Waals surface area contributed by atoms with Crippen LogP contribution in [0.3, 0.4) is 0 Å². The molecule has 9 heteroatoms. The number of hydrogen-bond donors (Lipinski definition) is 2. The number of nitrogens with zero attached hydrogens (tertiary/aromatic N) is 1. The molecule has 4 aromatic rings. The van der Waals surface area contributed by atoms with Crippen molar-refractivity contribution >= 4 is 73.5 Å². The number of para-hydroxylation sites is 1. The SMILES string of the molecule is CCN(C(=O)c1ccc(NC(=S)NC(=O)c2sc3cc(OC)ccc3c2Cl)cc1)c1ccccc1. The Kier molecular flexibility index (Phi) is 7.65. The van der Waals surface area contributed by atoms with E-state index in [4.69, 9.17) is 28.6 Å². The largest absolute Gasteiger partial charge is 0.497 e. The first-order valence-electron chi connectivity index (χ1n) is 10.8. The van der Waals surface area contributed by atoms with Crippen LogP contribution < -0.4 is 20.3 Å². The monoisotopic (exact) mass is 523 g/mol. The topological polar surface area (TPSA) is 70.7 Å². The third-order valence-electron chi connectivity index (χ3n) is 5.29. The van der Waals surface area contributed by atoms with Gasteiger partial charge in [0, 0.05) is 33.6 Å². The molecule has 2 amide bonds. The molecule has 3 aromatic carbocycles. The van der Waals surface area contributed by atoms with E-state index in [0.29, 0.717) is 33.4 Å². The molecular weight excluding hydrogens is 502 g/mol. The highest BCUT2D eigenvalue weighted by Gasteiger charge is 2.19. The van der Waals surface area contributed by atoms with Crippen LogP contribution in [0.15, 0.2) is 72.8 Å². The number of fused-ring (bicyclic) bond motifs is 1. The maximum Gasteiger partial charge on any atom is 0.269 e. The Balaban J connectivity index is 1.41. The van der Waals surface area contributed by atoms with E-state index in [2.05, 4.69) is 10.6 Å². The Morgan fingerprint density at radius 3 is 2.43 bits per heavy atom. The number of thiocarbonyl (C=S) groups is 1. The number of anilines is 2. The van der Waals surface area contributed by atoms with E-state index in [1.807, 2.05) is 49.4 Å². The minimum absolute atomic E-state index is 0.0998. The fourth-order valence-electron chi connectivity index (χ4n) is 3.54. The van der Waals surface area contributed by atoms with Crippen LogP contribution in [0.1, 0.15) is 27.0 Å². The Bertz CT molecular complexity index is 1390. The molecule has 0 radical (unpaired) electrons. The van der Waals surface area contributed by atoms with Crippen LogP contribution in [0.25, 0.3) is 10.1 Å². The van der Waals surface area contributed by atoms with Gasteiger partial charge in [0.25, 0.3) is 11.8 Å². The second kappa shape index (κ2) is 10.9. The number of nitrogens with one attached hydrogen (secondary N) is 2. The van der Waals surface area contributed by atoms with Gasteiger partial charge in [0.05, 0.1) is 12.1 Å². The standard InChI is InChI=1S/C26H22ClN3O3S2/c1-3-30(18-7-5-4-6-8-18)25(32)16-9-11-17(12-10-16)28-26(34)29-24(31)23-22(27)20-14-13-19(33-2)15-21(20)35-23/h4-15H,3H2,1-2H3,(H2,28,29,31,34). The molecular formula is C26H22ClN3O3S2. The predicted octanol–water partition coefficient (Wildman–Crippen LogP) is 6.36. The lowest BCUT2D eigenvalue weighted by Crippen LogP contribution is -2.33. The Morgan fingerprint density at radius 2 is 1.77 bits per heavy atom. The van der Waals surface area contributed by atoms with Crippen LogP contribution in [0.5, 0.6) is 5.75 Å². The lowest BCUT2D eigenvalue weighted by Gasteiger charge is -2.21. The zero-order valence-corrected chi connectivity index (χ0v) is 21.4. The number of hydrogen-bond acceptors (Lipinski definition) is 5. The molecule has 1 heterocycles. The fourth-order valence-corrected chi connectivity index (χ4v) is 5.20. The van der Waals surface area contributed by atoms with Crippen molar-refractivity contribution in [2.75, 3.05) is 23.9 Å². The highest BCUT2D eigenvalue weighted by Crippen LogP contribution is 2.37. The minimum Gasteiger partial charge on any atom is -0.497 e. The van der Waals surface area contributed by atoms with E-state index in [-0.39, 0.29) is 11.0 Å². The molecule has 0 aliphatic heterocycles. The van der Waals surface area contributed by atoms with Crippen LogP contribution in [-0.4, -0.2) is 30.6 Å². The average Bonchev–Trinajstić information content (AvgIpc) is 3.21. The lowest BCUT2D eigenvalue weighted by molar-refractivity contribution is 0.0976. The maximum absolute atomic E-state index is 13.0. The van der Waals surface area contributed by atoms with Crippen LogP contribution in [0.4, 0.5) is 11.4 Å². The molecule has 0 bridgehead atoms. The average molecular weight is 524 g/mol. The van der Waals surface area contributed by atoms with Crippen molar-refractivity contribution in [2.24, 2.45) is 0 Å². The molecule has 0 spiro atoms. The second-order valence-electron chi connectivity index (χ2n) is 7.48. The van der Waals surface area contributed by atoms with E-state index in [1.54, 1.807) is 42.3 Å². The number of ether oxygens (including phenoxy) is 1. The third kappa shape index (κ3) is 5.45. The summed E-state index contributed by atoms with van der Waals surface area (Å²) >= 11 is 13.0. The summed E-state index contributed by atoms with van der Waals surface area (Å²) in [7, 11) is 1.58. The van der Waals surface area contributed by atoms with Crippen molar-refractivity contribution < 1.29 is 14.3 Å². The molecule has 4 rings (SSSR count). The third-order valence-corrected chi connectivity index (χ3v) is 7.15. The number of rotatable bonds is 6. The summed E-state index contributed by atoms with van der Waals surface area (Å²) in [4.78, 5) is 27.8. The molecule has 0 aliphatic rings. The van der Waals surface area contributed by atoms with Gasteiger partial charge in [-0.3, -0.25) is 14.9 Å². The Morgan fingerprint density at radius 1 is 1.06 bits per heavy atom. The van der Waals surface area contributed by atoms with Crippen LogP contribution in [0, 0.1) is 0 Å². The first-order chi connectivity index (χ1) is 16.9. The minimum atomic E-state index is -0.402. The van der Waals surface area contributed by atoms with Crippen LogP contribution >= 0.6 is 35.2 Å². The van der Waals surface area contributed by atoms with Gasteiger partial charge in [-0.2, -0.15) is 0 Å². The van der Waals surface area contributed by atoms with Crippen LogP contribution in [-0.2, 0) is 0 Å². The van der Waals surface area contributed by atoms with Crippen molar-refractivity contribution in [3.05, 3.63) is 88.3 Å². The van der Waals surface area contributed by atoms with Gasteiger partial charge in [-0.15, -0.1) is 11.3 Å². The normalized spacial score (nSPS) is 10.6. The quantitative estimate of drug-likeness (QED) is 0.288. The summed E-state index contributed by atoms with van der Waals surface area (Å²) in [5.41, 5.74) is 2.02. The predicted molar refractivity (Wildman–Crippen MR) is 147 cm³/mol.